The van der Waals surface area contributed by atoms with Crippen LogP contribution in [0.2, 0.25) is 5.15 Å². The number of carbonyl (C=O) groups excluding carboxylic acids is 1. The SMILES string of the molecule is CCCC(C)(N)C(=O)Nc1ccc(Cl)nn1. The molecule has 0 fully saturated rings. The minimum atomic E-state index is -0.893. The lowest BCUT2D eigenvalue weighted by molar-refractivity contribution is -0.120. The zero-order valence-electron chi connectivity index (χ0n) is 9.33. The number of nitrogens with two attached hydrogens (primary N) is 1. The molecule has 0 saturated heterocycles. The van der Waals surface area contributed by atoms with Gasteiger partial charge >= 0.3 is 0 Å². The van der Waals surface area contributed by atoms with Gasteiger partial charge in [-0.3, -0.25) is 4.79 Å². The molecule has 3 N–H and O–H groups in total. The van der Waals surface area contributed by atoms with Gasteiger partial charge in [0.25, 0.3) is 0 Å². The Kier molecular flexibility index (Phi) is 4.20. The van der Waals surface area contributed by atoms with Crippen LogP contribution in [0.3, 0.4) is 0 Å². The Hall–Kier alpha value is -1.20. The summed E-state index contributed by atoms with van der Waals surface area (Å²) in [5.41, 5.74) is 4.97. The van der Waals surface area contributed by atoms with E-state index in [1.165, 1.54) is 0 Å². The van der Waals surface area contributed by atoms with E-state index in [2.05, 4.69) is 15.5 Å². The molecule has 0 saturated carbocycles. The predicted molar refractivity (Wildman–Crippen MR) is 63.2 cm³/mol. The third-order valence-corrected chi connectivity index (χ3v) is 2.36. The van der Waals surface area contributed by atoms with Crippen LogP contribution in [0.1, 0.15) is 26.7 Å². The van der Waals surface area contributed by atoms with Gasteiger partial charge in [-0.25, -0.2) is 0 Å². The van der Waals surface area contributed by atoms with Gasteiger partial charge in [-0.1, -0.05) is 24.9 Å². The summed E-state index contributed by atoms with van der Waals surface area (Å²) in [4.78, 5) is 11.8. The van der Waals surface area contributed by atoms with E-state index in [1.54, 1.807) is 19.1 Å². The van der Waals surface area contributed by atoms with Crippen molar-refractivity contribution in [1.82, 2.24) is 10.2 Å². The summed E-state index contributed by atoms with van der Waals surface area (Å²) in [6.07, 6.45) is 1.45. The minimum absolute atomic E-state index is 0.272. The largest absolute Gasteiger partial charge is 0.318 e. The van der Waals surface area contributed by atoms with Gasteiger partial charge in [0.15, 0.2) is 11.0 Å². The number of aromatic nitrogens is 2. The van der Waals surface area contributed by atoms with E-state index in [0.717, 1.165) is 6.42 Å². The molecule has 0 aliphatic carbocycles. The first-order valence-electron chi connectivity index (χ1n) is 5.05. The van der Waals surface area contributed by atoms with E-state index in [9.17, 15) is 4.79 Å². The molecule has 88 valence electrons. The van der Waals surface area contributed by atoms with Crippen LogP contribution in [0, 0.1) is 0 Å². The van der Waals surface area contributed by atoms with E-state index in [-0.39, 0.29) is 11.1 Å². The van der Waals surface area contributed by atoms with Gasteiger partial charge in [-0.2, -0.15) is 0 Å². The Labute approximate surface area is 99.4 Å². The Bertz CT molecular complexity index is 364. The van der Waals surface area contributed by atoms with E-state index in [4.69, 9.17) is 17.3 Å². The summed E-state index contributed by atoms with van der Waals surface area (Å²) in [5, 5.41) is 10.2. The fraction of sp³-hybridized carbons (Fsp3) is 0.500. The van der Waals surface area contributed by atoms with Gasteiger partial charge in [-0.15, -0.1) is 10.2 Å². The van der Waals surface area contributed by atoms with Gasteiger partial charge < -0.3 is 11.1 Å². The molecule has 16 heavy (non-hydrogen) atoms. The molecule has 0 aliphatic heterocycles. The van der Waals surface area contributed by atoms with Crippen molar-refractivity contribution in [2.24, 2.45) is 5.73 Å². The summed E-state index contributed by atoms with van der Waals surface area (Å²) in [5.74, 6) is 0.0770. The monoisotopic (exact) mass is 242 g/mol. The lowest BCUT2D eigenvalue weighted by Crippen LogP contribution is -2.48. The maximum atomic E-state index is 11.8. The van der Waals surface area contributed by atoms with Crippen molar-refractivity contribution in [1.29, 1.82) is 0 Å². The van der Waals surface area contributed by atoms with Crippen molar-refractivity contribution < 1.29 is 4.79 Å². The fourth-order valence-corrected chi connectivity index (χ4v) is 1.38. The normalized spacial score (nSPS) is 14.2. The van der Waals surface area contributed by atoms with Crippen molar-refractivity contribution >= 4 is 23.3 Å². The Morgan fingerprint density at radius 2 is 2.25 bits per heavy atom. The number of carbonyl (C=O) groups is 1. The summed E-state index contributed by atoms with van der Waals surface area (Å²) < 4.78 is 0. The molecular weight excluding hydrogens is 228 g/mol. The molecular formula is C10H15ClN4O. The van der Waals surface area contributed by atoms with Crippen LogP contribution in [0.25, 0.3) is 0 Å². The van der Waals surface area contributed by atoms with Crippen molar-refractivity contribution in [3.63, 3.8) is 0 Å². The molecule has 6 heteroatoms. The summed E-state index contributed by atoms with van der Waals surface area (Å²) in [6, 6.07) is 3.13. The quantitative estimate of drug-likeness (QED) is 0.840. The van der Waals surface area contributed by atoms with Gasteiger partial charge in [0.1, 0.15) is 0 Å². The van der Waals surface area contributed by atoms with Crippen molar-refractivity contribution in [2.75, 3.05) is 5.32 Å². The van der Waals surface area contributed by atoms with Gasteiger partial charge in [0, 0.05) is 0 Å². The number of amides is 1. The third-order valence-electron chi connectivity index (χ3n) is 2.16. The molecule has 1 amide bonds. The second-order valence-corrected chi connectivity index (χ2v) is 4.25. The lowest BCUT2D eigenvalue weighted by atomic mass is 9.97. The molecule has 1 atom stereocenters. The van der Waals surface area contributed by atoms with Gasteiger partial charge in [0.2, 0.25) is 5.91 Å². The average molecular weight is 243 g/mol. The minimum Gasteiger partial charge on any atom is -0.318 e. The zero-order valence-corrected chi connectivity index (χ0v) is 10.1. The highest BCUT2D eigenvalue weighted by Crippen LogP contribution is 2.12. The van der Waals surface area contributed by atoms with Crippen LogP contribution in [0.5, 0.6) is 0 Å². The molecule has 0 bridgehead atoms. The number of hydrogen-bond acceptors (Lipinski definition) is 4. The van der Waals surface area contributed by atoms with E-state index in [1.807, 2.05) is 6.92 Å². The second kappa shape index (κ2) is 5.23. The first kappa shape index (κ1) is 12.9. The van der Waals surface area contributed by atoms with Crippen LogP contribution in [-0.4, -0.2) is 21.6 Å². The van der Waals surface area contributed by atoms with E-state index < -0.39 is 5.54 Å². The molecule has 5 nitrogen and oxygen atoms in total. The average Bonchev–Trinajstić information content (AvgIpc) is 2.21. The van der Waals surface area contributed by atoms with Crippen molar-refractivity contribution in [2.45, 2.75) is 32.2 Å². The molecule has 0 aliphatic rings. The number of anilines is 1. The molecule has 1 rings (SSSR count). The van der Waals surface area contributed by atoms with Crippen LogP contribution >= 0.6 is 11.6 Å². The maximum Gasteiger partial charge on any atom is 0.245 e. The highest BCUT2D eigenvalue weighted by Gasteiger charge is 2.27. The number of halogens is 1. The smallest absolute Gasteiger partial charge is 0.245 e. The van der Waals surface area contributed by atoms with Crippen LogP contribution in [0.15, 0.2) is 12.1 Å². The molecule has 1 unspecified atom stereocenters. The summed E-state index contributed by atoms with van der Waals surface area (Å²) in [6.45, 7) is 3.66. The Balaban J connectivity index is 2.67. The molecule has 0 spiro atoms. The lowest BCUT2D eigenvalue weighted by Gasteiger charge is -2.22. The fourth-order valence-electron chi connectivity index (χ4n) is 1.27. The molecule has 0 radical (unpaired) electrons. The number of rotatable bonds is 4. The maximum absolute atomic E-state index is 11.8. The number of nitrogens with one attached hydrogen (secondary N) is 1. The first-order valence-corrected chi connectivity index (χ1v) is 5.43. The van der Waals surface area contributed by atoms with E-state index in [0.29, 0.717) is 12.2 Å². The van der Waals surface area contributed by atoms with Gasteiger partial charge in [-0.05, 0) is 25.5 Å². The molecule has 0 aromatic carbocycles. The van der Waals surface area contributed by atoms with Crippen molar-refractivity contribution in [3.05, 3.63) is 17.3 Å². The first-order chi connectivity index (χ1) is 7.45. The standard InChI is InChI=1S/C10H15ClN4O/c1-3-6-10(2,12)9(16)13-8-5-4-7(11)14-15-8/h4-5H,3,6,12H2,1-2H3,(H,13,15,16). The summed E-state index contributed by atoms with van der Waals surface area (Å²) >= 11 is 5.58. The second-order valence-electron chi connectivity index (χ2n) is 3.86. The molecule has 1 aromatic heterocycles. The van der Waals surface area contributed by atoms with Gasteiger partial charge in [0.05, 0.1) is 5.54 Å². The molecule has 1 heterocycles. The zero-order chi connectivity index (χ0) is 12.2. The van der Waals surface area contributed by atoms with Crippen LogP contribution < -0.4 is 11.1 Å². The number of hydrogen-bond donors (Lipinski definition) is 2. The summed E-state index contributed by atoms with van der Waals surface area (Å²) in [7, 11) is 0. The highest BCUT2D eigenvalue weighted by atomic mass is 35.5. The highest BCUT2D eigenvalue weighted by molar-refractivity contribution is 6.29. The Morgan fingerprint density at radius 1 is 1.56 bits per heavy atom. The predicted octanol–water partition coefficient (Wildman–Crippen LogP) is 1.59. The topological polar surface area (TPSA) is 80.9 Å². The van der Waals surface area contributed by atoms with E-state index >= 15 is 0 Å². The molecule has 1 aromatic rings. The number of nitrogens with zero attached hydrogens (tertiary/aromatic N) is 2. The third kappa shape index (κ3) is 3.43. The van der Waals surface area contributed by atoms with Crippen LogP contribution in [-0.2, 0) is 4.79 Å². The Morgan fingerprint density at radius 3 is 2.75 bits per heavy atom. The van der Waals surface area contributed by atoms with Crippen molar-refractivity contribution in [3.8, 4) is 0 Å². The van der Waals surface area contributed by atoms with Crippen LogP contribution in [0.4, 0.5) is 5.82 Å².